The minimum absolute atomic E-state index is 0.207. The molecule has 0 radical (unpaired) electrons. The van der Waals surface area contributed by atoms with Gasteiger partial charge in [0, 0.05) is 11.8 Å². The zero-order valence-corrected chi connectivity index (χ0v) is 11.9. The SMILES string of the molecule is CCCSCC(Cc1ccc(F)c(Cl)c1)NC. The highest BCUT2D eigenvalue weighted by Crippen LogP contribution is 2.18. The van der Waals surface area contributed by atoms with Gasteiger partial charge in [0.1, 0.15) is 5.82 Å². The lowest BCUT2D eigenvalue weighted by Crippen LogP contribution is -2.30. The van der Waals surface area contributed by atoms with Gasteiger partial charge in [0.05, 0.1) is 5.02 Å². The fourth-order valence-corrected chi connectivity index (χ4v) is 2.79. The molecule has 0 fully saturated rings. The van der Waals surface area contributed by atoms with Gasteiger partial charge in [-0.05, 0) is 43.3 Å². The standard InChI is InChI=1S/C13H19ClFNS/c1-3-6-17-9-11(16-2)7-10-4-5-13(15)12(14)8-10/h4-5,8,11,16H,3,6-7,9H2,1-2H3. The van der Waals surface area contributed by atoms with E-state index in [0.29, 0.717) is 6.04 Å². The number of benzene rings is 1. The molecule has 17 heavy (non-hydrogen) atoms. The van der Waals surface area contributed by atoms with E-state index in [-0.39, 0.29) is 10.8 Å². The Labute approximate surface area is 112 Å². The molecule has 1 N–H and O–H groups in total. The zero-order valence-electron chi connectivity index (χ0n) is 10.3. The first-order chi connectivity index (χ1) is 8.17. The van der Waals surface area contributed by atoms with E-state index in [2.05, 4.69) is 12.2 Å². The van der Waals surface area contributed by atoms with E-state index in [9.17, 15) is 4.39 Å². The van der Waals surface area contributed by atoms with Crippen LogP contribution in [0.5, 0.6) is 0 Å². The van der Waals surface area contributed by atoms with E-state index in [0.717, 1.165) is 17.7 Å². The third-order valence-electron chi connectivity index (χ3n) is 2.54. The molecule has 1 rings (SSSR count). The molecular formula is C13H19ClFNS. The molecule has 0 bridgehead atoms. The fraction of sp³-hybridized carbons (Fsp3) is 0.538. The van der Waals surface area contributed by atoms with Crippen molar-refractivity contribution in [3.05, 3.63) is 34.6 Å². The van der Waals surface area contributed by atoms with E-state index in [1.54, 1.807) is 12.1 Å². The second-order valence-electron chi connectivity index (χ2n) is 4.01. The molecule has 0 aromatic heterocycles. The van der Waals surface area contributed by atoms with Crippen molar-refractivity contribution in [1.29, 1.82) is 0 Å². The Bertz CT molecular complexity index is 346. The Balaban J connectivity index is 2.51. The molecule has 0 spiro atoms. The topological polar surface area (TPSA) is 12.0 Å². The first-order valence-corrected chi connectivity index (χ1v) is 7.39. The number of halogens is 2. The maximum atomic E-state index is 13.0. The van der Waals surface area contributed by atoms with Crippen molar-refractivity contribution in [2.75, 3.05) is 18.6 Å². The quantitative estimate of drug-likeness (QED) is 0.761. The molecule has 1 unspecified atom stereocenters. The highest BCUT2D eigenvalue weighted by atomic mass is 35.5. The molecule has 0 heterocycles. The predicted molar refractivity (Wildman–Crippen MR) is 75.6 cm³/mol. The smallest absolute Gasteiger partial charge is 0.141 e. The van der Waals surface area contributed by atoms with Crippen LogP contribution in [0.4, 0.5) is 4.39 Å². The lowest BCUT2D eigenvalue weighted by molar-refractivity contribution is 0.610. The van der Waals surface area contributed by atoms with E-state index in [1.165, 1.54) is 18.2 Å². The van der Waals surface area contributed by atoms with Crippen molar-refractivity contribution < 1.29 is 4.39 Å². The number of rotatable bonds is 7. The molecule has 0 aliphatic rings. The molecule has 0 saturated carbocycles. The molecule has 0 amide bonds. The molecule has 0 saturated heterocycles. The van der Waals surface area contributed by atoms with Crippen molar-refractivity contribution in [2.45, 2.75) is 25.8 Å². The Morgan fingerprint density at radius 1 is 1.47 bits per heavy atom. The van der Waals surface area contributed by atoms with Crippen LogP contribution in [0.1, 0.15) is 18.9 Å². The summed E-state index contributed by atoms with van der Waals surface area (Å²) in [4.78, 5) is 0. The lowest BCUT2D eigenvalue weighted by Gasteiger charge is -2.16. The Morgan fingerprint density at radius 3 is 2.82 bits per heavy atom. The van der Waals surface area contributed by atoms with Gasteiger partial charge in [-0.2, -0.15) is 11.8 Å². The highest BCUT2D eigenvalue weighted by molar-refractivity contribution is 7.99. The number of likely N-dealkylation sites (N-methyl/N-ethyl adjacent to an activating group) is 1. The molecule has 0 aliphatic heterocycles. The first kappa shape index (κ1) is 14.8. The second-order valence-corrected chi connectivity index (χ2v) is 5.57. The van der Waals surface area contributed by atoms with Crippen molar-refractivity contribution in [3.8, 4) is 0 Å². The van der Waals surface area contributed by atoms with Crippen LogP contribution >= 0.6 is 23.4 Å². The van der Waals surface area contributed by atoms with E-state index in [1.807, 2.05) is 18.8 Å². The van der Waals surface area contributed by atoms with Gasteiger partial charge in [0.15, 0.2) is 0 Å². The van der Waals surface area contributed by atoms with Crippen LogP contribution in [0.15, 0.2) is 18.2 Å². The predicted octanol–water partition coefficient (Wildman–Crippen LogP) is 3.75. The zero-order chi connectivity index (χ0) is 12.7. The summed E-state index contributed by atoms with van der Waals surface area (Å²) in [7, 11) is 1.96. The van der Waals surface area contributed by atoms with Crippen LogP contribution in [-0.4, -0.2) is 24.6 Å². The normalized spacial score (nSPS) is 12.7. The first-order valence-electron chi connectivity index (χ1n) is 5.86. The summed E-state index contributed by atoms with van der Waals surface area (Å²) in [6.07, 6.45) is 2.08. The van der Waals surface area contributed by atoms with E-state index >= 15 is 0 Å². The Hall–Kier alpha value is -0.250. The lowest BCUT2D eigenvalue weighted by atomic mass is 10.1. The average Bonchev–Trinajstić information content (AvgIpc) is 2.32. The van der Waals surface area contributed by atoms with Gasteiger partial charge in [0.2, 0.25) is 0 Å². The fourth-order valence-electron chi connectivity index (χ4n) is 1.57. The van der Waals surface area contributed by atoms with Crippen LogP contribution in [0.2, 0.25) is 5.02 Å². The minimum Gasteiger partial charge on any atom is -0.316 e. The molecule has 1 atom stereocenters. The van der Waals surface area contributed by atoms with Crippen LogP contribution in [0.3, 0.4) is 0 Å². The second kappa shape index (κ2) is 7.96. The molecule has 0 aliphatic carbocycles. The van der Waals surface area contributed by atoms with Crippen LogP contribution < -0.4 is 5.32 Å². The van der Waals surface area contributed by atoms with Gasteiger partial charge in [0.25, 0.3) is 0 Å². The molecular weight excluding hydrogens is 257 g/mol. The molecule has 96 valence electrons. The van der Waals surface area contributed by atoms with Crippen LogP contribution in [0.25, 0.3) is 0 Å². The maximum absolute atomic E-state index is 13.0. The van der Waals surface area contributed by atoms with Crippen molar-refractivity contribution in [2.24, 2.45) is 0 Å². The molecule has 4 heteroatoms. The van der Waals surface area contributed by atoms with E-state index in [4.69, 9.17) is 11.6 Å². The van der Waals surface area contributed by atoms with Gasteiger partial charge in [-0.3, -0.25) is 0 Å². The highest BCUT2D eigenvalue weighted by Gasteiger charge is 2.08. The van der Waals surface area contributed by atoms with Crippen molar-refractivity contribution >= 4 is 23.4 Å². The van der Waals surface area contributed by atoms with E-state index < -0.39 is 0 Å². The van der Waals surface area contributed by atoms with Crippen molar-refractivity contribution in [3.63, 3.8) is 0 Å². The average molecular weight is 276 g/mol. The van der Waals surface area contributed by atoms with Gasteiger partial charge in [-0.15, -0.1) is 0 Å². The summed E-state index contributed by atoms with van der Waals surface area (Å²) < 4.78 is 13.0. The van der Waals surface area contributed by atoms with Crippen LogP contribution in [0, 0.1) is 5.82 Å². The molecule has 1 nitrogen and oxygen atoms in total. The van der Waals surface area contributed by atoms with Gasteiger partial charge in [-0.25, -0.2) is 4.39 Å². The van der Waals surface area contributed by atoms with Crippen LogP contribution in [-0.2, 0) is 6.42 Å². The largest absolute Gasteiger partial charge is 0.316 e. The monoisotopic (exact) mass is 275 g/mol. The molecule has 1 aromatic carbocycles. The number of hydrogen-bond donors (Lipinski definition) is 1. The summed E-state index contributed by atoms with van der Waals surface area (Å²) >= 11 is 7.71. The number of nitrogens with one attached hydrogen (secondary N) is 1. The third-order valence-corrected chi connectivity index (χ3v) is 4.17. The summed E-state index contributed by atoms with van der Waals surface area (Å²) in [5.41, 5.74) is 1.08. The third kappa shape index (κ3) is 5.28. The summed E-state index contributed by atoms with van der Waals surface area (Å²) in [6, 6.07) is 5.36. The number of hydrogen-bond acceptors (Lipinski definition) is 2. The summed E-state index contributed by atoms with van der Waals surface area (Å²) in [5, 5.41) is 3.49. The Morgan fingerprint density at radius 2 is 2.24 bits per heavy atom. The summed E-state index contributed by atoms with van der Waals surface area (Å²) in [5.74, 6) is 1.90. The van der Waals surface area contributed by atoms with Gasteiger partial charge < -0.3 is 5.32 Å². The minimum atomic E-state index is -0.350. The Kier molecular flexibility index (Phi) is 6.93. The number of thioether (sulfide) groups is 1. The van der Waals surface area contributed by atoms with Gasteiger partial charge >= 0.3 is 0 Å². The van der Waals surface area contributed by atoms with Crippen molar-refractivity contribution in [1.82, 2.24) is 5.32 Å². The molecule has 1 aromatic rings. The maximum Gasteiger partial charge on any atom is 0.141 e. The van der Waals surface area contributed by atoms with Gasteiger partial charge in [-0.1, -0.05) is 24.6 Å². The summed E-state index contributed by atoms with van der Waals surface area (Å²) in [6.45, 7) is 2.18.